The average molecular weight is 469 g/mol. The topological polar surface area (TPSA) is 99.3 Å². The second-order valence-electron chi connectivity index (χ2n) is 6.79. The van der Waals surface area contributed by atoms with Crippen LogP contribution in [-0.2, 0) is 17.5 Å². The zero-order valence-electron chi connectivity index (χ0n) is 16.7. The van der Waals surface area contributed by atoms with Gasteiger partial charge in [-0.3, -0.25) is 19.6 Å². The molecule has 0 bridgehead atoms. The SMILES string of the molecule is Cc1ccccc1Oc1cc(NC(=O)Cn2nc(C(F)(F)F)c(Cl)c2C)cc([N+](=O)[O-])c1. The molecule has 32 heavy (non-hydrogen) atoms. The minimum absolute atomic E-state index is 0.0275. The molecule has 0 aliphatic rings. The molecule has 8 nitrogen and oxygen atoms in total. The number of halogens is 4. The number of nitro groups is 1. The predicted octanol–water partition coefficient (Wildman–Crippen LogP) is 5.51. The molecular formula is C20H16ClF3N4O4. The number of non-ortho nitro benzene ring substituents is 1. The summed E-state index contributed by atoms with van der Waals surface area (Å²) in [5, 5.41) is 16.4. The molecule has 0 atom stereocenters. The third-order valence-electron chi connectivity index (χ3n) is 4.40. The number of alkyl halides is 3. The quantitative estimate of drug-likeness (QED) is 0.380. The summed E-state index contributed by atoms with van der Waals surface area (Å²) in [6, 6.07) is 10.7. The minimum atomic E-state index is -4.77. The van der Waals surface area contributed by atoms with Gasteiger partial charge in [-0.15, -0.1) is 0 Å². The summed E-state index contributed by atoms with van der Waals surface area (Å²) in [5.41, 5.74) is -0.870. The van der Waals surface area contributed by atoms with Gasteiger partial charge in [-0.05, 0) is 25.5 Å². The third kappa shape index (κ3) is 5.17. The molecule has 0 fully saturated rings. The van der Waals surface area contributed by atoms with Crippen LogP contribution in [0.2, 0.25) is 5.02 Å². The normalized spacial score (nSPS) is 11.3. The van der Waals surface area contributed by atoms with Gasteiger partial charge in [-0.2, -0.15) is 18.3 Å². The number of hydrogen-bond acceptors (Lipinski definition) is 5. The Hall–Kier alpha value is -3.60. The molecule has 2 aromatic carbocycles. The van der Waals surface area contributed by atoms with E-state index in [1.54, 1.807) is 31.2 Å². The van der Waals surface area contributed by atoms with Crippen LogP contribution in [0.15, 0.2) is 42.5 Å². The lowest BCUT2D eigenvalue weighted by Crippen LogP contribution is -2.21. The van der Waals surface area contributed by atoms with E-state index < -0.39 is 34.3 Å². The van der Waals surface area contributed by atoms with Crippen LogP contribution >= 0.6 is 11.6 Å². The molecule has 0 aliphatic heterocycles. The number of carbonyl (C=O) groups excluding carboxylic acids is 1. The highest BCUT2D eigenvalue weighted by atomic mass is 35.5. The first-order valence-electron chi connectivity index (χ1n) is 9.08. The van der Waals surface area contributed by atoms with Gasteiger partial charge < -0.3 is 10.1 Å². The predicted molar refractivity (Wildman–Crippen MR) is 110 cm³/mol. The Morgan fingerprint density at radius 3 is 2.53 bits per heavy atom. The number of anilines is 1. The first kappa shape index (κ1) is 23.1. The number of nitro benzene ring substituents is 1. The van der Waals surface area contributed by atoms with Crippen LogP contribution in [0, 0.1) is 24.0 Å². The van der Waals surface area contributed by atoms with E-state index in [0.29, 0.717) is 5.75 Å². The van der Waals surface area contributed by atoms with Crippen molar-refractivity contribution in [2.45, 2.75) is 26.6 Å². The number of aromatic nitrogens is 2. The lowest BCUT2D eigenvalue weighted by Gasteiger charge is -2.11. The van der Waals surface area contributed by atoms with E-state index in [1.807, 2.05) is 0 Å². The maximum Gasteiger partial charge on any atom is 0.436 e. The van der Waals surface area contributed by atoms with Crippen molar-refractivity contribution < 1.29 is 27.6 Å². The van der Waals surface area contributed by atoms with E-state index in [9.17, 15) is 28.1 Å². The molecule has 0 unspecified atom stereocenters. The van der Waals surface area contributed by atoms with Crippen molar-refractivity contribution in [3.05, 3.63) is 74.6 Å². The fraction of sp³-hybridized carbons (Fsp3) is 0.200. The van der Waals surface area contributed by atoms with Gasteiger partial charge in [0.15, 0.2) is 5.69 Å². The minimum Gasteiger partial charge on any atom is -0.457 e. The summed E-state index contributed by atoms with van der Waals surface area (Å²) in [4.78, 5) is 23.0. The van der Waals surface area contributed by atoms with Crippen LogP contribution in [0.25, 0.3) is 0 Å². The van der Waals surface area contributed by atoms with Crippen LogP contribution < -0.4 is 10.1 Å². The lowest BCUT2D eigenvalue weighted by atomic mass is 10.2. The Labute approximate surface area is 184 Å². The van der Waals surface area contributed by atoms with Gasteiger partial charge in [0.1, 0.15) is 18.0 Å². The van der Waals surface area contributed by atoms with Crippen LogP contribution in [0.5, 0.6) is 11.5 Å². The molecular weight excluding hydrogens is 453 g/mol. The number of para-hydroxylation sites is 1. The molecule has 0 aliphatic carbocycles. The Balaban J connectivity index is 1.84. The monoisotopic (exact) mass is 468 g/mol. The zero-order chi connectivity index (χ0) is 23.6. The molecule has 0 radical (unpaired) electrons. The van der Waals surface area contributed by atoms with E-state index in [2.05, 4.69) is 10.4 Å². The van der Waals surface area contributed by atoms with Crippen molar-refractivity contribution in [3.8, 4) is 11.5 Å². The van der Waals surface area contributed by atoms with Gasteiger partial charge >= 0.3 is 6.18 Å². The average Bonchev–Trinajstić information content (AvgIpc) is 2.98. The summed E-state index contributed by atoms with van der Waals surface area (Å²) in [6.45, 7) is 2.50. The molecule has 1 N–H and O–H groups in total. The van der Waals surface area contributed by atoms with Crippen LogP contribution in [-0.4, -0.2) is 20.6 Å². The summed E-state index contributed by atoms with van der Waals surface area (Å²) >= 11 is 5.68. The Kier molecular flexibility index (Phi) is 6.40. The van der Waals surface area contributed by atoms with Gasteiger partial charge in [0.05, 0.1) is 27.4 Å². The first-order chi connectivity index (χ1) is 15.0. The molecule has 12 heteroatoms. The molecule has 1 heterocycles. The molecule has 0 saturated carbocycles. The van der Waals surface area contributed by atoms with Crippen molar-refractivity contribution >= 4 is 28.9 Å². The van der Waals surface area contributed by atoms with E-state index >= 15 is 0 Å². The number of aryl methyl sites for hydroxylation is 1. The summed E-state index contributed by atoms with van der Waals surface area (Å²) in [6.07, 6.45) is -4.77. The Bertz CT molecular complexity index is 1190. The standard InChI is InChI=1S/C20H16ClF3N4O4/c1-11-5-3-4-6-16(11)32-15-8-13(7-14(9-15)28(30)31)25-17(29)10-27-12(2)18(21)19(26-27)20(22,23)24/h3-9H,10H2,1-2H3,(H,25,29). The largest absolute Gasteiger partial charge is 0.457 e. The number of hydrogen-bond donors (Lipinski definition) is 1. The molecule has 1 aromatic heterocycles. The second-order valence-corrected chi connectivity index (χ2v) is 7.17. The number of nitrogens with zero attached hydrogens (tertiary/aromatic N) is 3. The van der Waals surface area contributed by atoms with E-state index in [0.717, 1.165) is 16.3 Å². The highest BCUT2D eigenvalue weighted by Gasteiger charge is 2.38. The van der Waals surface area contributed by atoms with Gasteiger partial charge in [-0.1, -0.05) is 29.8 Å². The molecule has 0 spiro atoms. The highest BCUT2D eigenvalue weighted by molar-refractivity contribution is 6.32. The smallest absolute Gasteiger partial charge is 0.436 e. The number of carbonyl (C=O) groups is 1. The van der Waals surface area contributed by atoms with Gasteiger partial charge in [0.2, 0.25) is 5.91 Å². The van der Waals surface area contributed by atoms with Gasteiger partial charge in [0, 0.05) is 12.1 Å². The Morgan fingerprint density at radius 2 is 1.94 bits per heavy atom. The maximum absolute atomic E-state index is 13.0. The van der Waals surface area contributed by atoms with Gasteiger partial charge in [0.25, 0.3) is 5.69 Å². The Morgan fingerprint density at radius 1 is 1.25 bits per heavy atom. The summed E-state index contributed by atoms with van der Waals surface area (Å²) in [7, 11) is 0. The summed E-state index contributed by atoms with van der Waals surface area (Å²) in [5.74, 6) is -0.198. The molecule has 168 valence electrons. The lowest BCUT2D eigenvalue weighted by molar-refractivity contribution is -0.384. The molecule has 1 amide bonds. The van der Waals surface area contributed by atoms with Gasteiger partial charge in [-0.25, -0.2) is 0 Å². The fourth-order valence-corrected chi connectivity index (χ4v) is 3.06. The summed E-state index contributed by atoms with van der Waals surface area (Å²) < 4.78 is 45.4. The van der Waals surface area contributed by atoms with Crippen molar-refractivity contribution in [2.75, 3.05) is 5.32 Å². The van der Waals surface area contributed by atoms with Crippen LogP contribution in [0.4, 0.5) is 24.5 Å². The van der Waals surface area contributed by atoms with E-state index in [-0.39, 0.29) is 22.8 Å². The van der Waals surface area contributed by atoms with E-state index in [1.165, 1.54) is 19.1 Å². The molecule has 0 saturated heterocycles. The van der Waals surface area contributed by atoms with Crippen molar-refractivity contribution in [3.63, 3.8) is 0 Å². The molecule has 3 rings (SSSR count). The van der Waals surface area contributed by atoms with E-state index in [4.69, 9.17) is 16.3 Å². The van der Waals surface area contributed by atoms with Crippen LogP contribution in [0.3, 0.4) is 0 Å². The van der Waals surface area contributed by atoms with Crippen LogP contribution in [0.1, 0.15) is 17.0 Å². The first-order valence-corrected chi connectivity index (χ1v) is 9.46. The fourth-order valence-electron chi connectivity index (χ4n) is 2.81. The highest BCUT2D eigenvalue weighted by Crippen LogP contribution is 2.35. The number of ether oxygens (including phenoxy) is 1. The number of rotatable bonds is 6. The third-order valence-corrected chi connectivity index (χ3v) is 4.86. The maximum atomic E-state index is 13.0. The van der Waals surface area contributed by atoms with Crippen molar-refractivity contribution in [1.82, 2.24) is 9.78 Å². The molecule has 3 aromatic rings. The number of amides is 1. The number of nitrogens with one attached hydrogen (secondary N) is 1. The number of benzene rings is 2. The second kappa shape index (κ2) is 8.87. The zero-order valence-corrected chi connectivity index (χ0v) is 17.5. The van der Waals surface area contributed by atoms with Crippen molar-refractivity contribution in [2.24, 2.45) is 0 Å². The van der Waals surface area contributed by atoms with Crippen molar-refractivity contribution in [1.29, 1.82) is 0 Å².